The van der Waals surface area contributed by atoms with Crippen molar-refractivity contribution in [2.75, 3.05) is 32.0 Å². The van der Waals surface area contributed by atoms with E-state index < -0.39 is 115 Å². The van der Waals surface area contributed by atoms with Gasteiger partial charge in [-0.3, -0.25) is 32.9 Å². The van der Waals surface area contributed by atoms with Crippen molar-refractivity contribution in [2.24, 2.45) is 5.41 Å². The van der Waals surface area contributed by atoms with Crippen LogP contribution in [0, 0.1) is 5.41 Å². The summed E-state index contributed by atoms with van der Waals surface area (Å²) < 4.78 is 60.3. The number of aliphatic carboxylic acids is 1. The summed E-state index contributed by atoms with van der Waals surface area (Å²) in [5.74, 6) is -3.64. The van der Waals surface area contributed by atoms with E-state index in [0.29, 0.717) is 0 Å². The number of ketones is 1. The van der Waals surface area contributed by atoms with Crippen molar-refractivity contribution in [3.8, 4) is 0 Å². The fourth-order valence-corrected chi connectivity index (χ4v) is 7.90. The molecule has 322 valence electrons. The molecule has 0 radical (unpaired) electrons. The summed E-state index contributed by atoms with van der Waals surface area (Å²) in [5.41, 5.74) is 2.19. The number of carboxylic acids is 1. The Bertz CT molecular complexity index is 1920. The van der Waals surface area contributed by atoms with E-state index >= 15 is 0 Å². The zero-order valence-corrected chi connectivity index (χ0v) is 32.9. The summed E-state index contributed by atoms with van der Waals surface area (Å²) >= 11 is 0. The van der Waals surface area contributed by atoms with Crippen LogP contribution in [0.5, 0.6) is 0 Å². The lowest BCUT2D eigenvalue weighted by atomic mass is 9.87. The number of amides is 2. The summed E-state index contributed by atoms with van der Waals surface area (Å²) in [7, 11) is -17.7. The van der Waals surface area contributed by atoms with Crippen molar-refractivity contribution in [2.45, 2.75) is 82.7 Å². The molecule has 1 aliphatic rings. The fraction of sp³-hybridized carbons (Fsp3) is 0.667. The van der Waals surface area contributed by atoms with E-state index in [1.54, 1.807) is 0 Å². The molecule has 57 heavy (non-hydrogen) atoms. The van der Waals surface area contributed by atoms with Gasteiger partial charge in [0, 0.05) is 37.8 Å². The number of anilines is 1. The molecule has 2 amide bonds. The summed E-state index contributed by atoms with van der Waals surface area (Å²) in [6, 6.07) is 0. The lowest BCUT2D eigenvalue weighted by Crippen LogP contribution is -2.46. The van der Waals surface area contributed by atoms with Crippen LogP contribution >= 0.6 is 23.5 Å². The summed E-state index contributed by atoms with van der Waals surface area (Å²) in [6.45, 7) is 0.638. The number of hydrogen-bond acceptors (Lipinski definition) is 23. The summed E-state index contributed by atoms with van der Waals surface area (Å²) in [5, 5.41) is 44.6. The summed E-state index contributed by atoms with van der Waals surface area (Å²) in [4.78, 5) is 107. The molecule has 8 atom stereocenters. The van der Waals surface area contributed by atoms with Gasteiger partial charge in [0.2, 0.25) is 11.8 Å². The average Bonchev–Trinajstić information content (AvgIpc) is 3.61. The number of carbonyl (C=O) groups excluding carboxylic acids is 3. The van der Waals surface area contributed by atoms with Gasteiger partial charge in [0.25, 0.3) is 15.6 Å². The van der Waals surface area contributed by atoms with E-state index in [1.165, 1.54) is 6.92 Å². The van der Waals surface area contributed by atoms with Crippen LogP contribution in [0.15, 0.2) is 12.7 Å². The van der Waals surface area contributed by atoms with Crippen molar-refractivity contribution < 1.29 is 95.5 Å². The molecule has 1 aliphatic heterocycles. The maximum Gasteiger partial charge on any atom is 0.306 e. The van der Waals surface area contributed by atoms with Crippen molar-refractivity contribution in [3.63, 3.8) is 0 Å². The average molecular weight is 876 g/mol. The molecule has 0 bridgehead atoms. The molecule has 27 nitrogen and oxygen atoms in total. The highest BCUT2D eigenvalue weighted by Crippen LogP contribution is 2.56. The predicted octanol–water partition coefficient (Wildman–Crippen LogP) is -4.55. The second-order valence-electron chi connectivity index (χ2n) is 13.5. The standard InChI is InChI=1S/C27H44N7O20P3/c1-26(2,21(40)24(41)30-7-5-16(36)29-6-4-14(35)8-27(3,42)9-17(37)38)11-51-57(48,49)54-56(46,47)50-10-15-20(53-55(43,44)45)19(39)25(52-15)34-13-33-18-22(28)31-12-32-23(18)34/h12-13,15,19-21,25,39-40,42H,4-11H2,1-3H3,(H,29,36)(H,30,41)(H,37,38)(H,46,47)(H,48,49)(H2,28,31,32)(H2,43,44,45)/p-4. The maximum absolute atomic E-state index is 12.5. The van der Waals surface area contributed by atoms with Crippen LogP contribution in [0.1, 0.15) is 52.7 Å². The van der Waals surface area contributed by atoms with Crippen LogP contribution in [0.2, 0.25) is 0 Å². The first-order valence-electron chi connectivity index (χ1n) is 16.4. The highest BCUT2D eigenvalue weighted by atomic mass is 31.3. The van der Waals surface area contributed by atoms with Crippen molar-refractivity contribution in [3.05, 3.63) is 12.7 Å². The van der Waals surface area contributed by atoms with Crippen molar-refractivity contribution in [1.82, 2.24) is 30.2 Å². The molecule has 1 fully saturated rings. The first-order chi connectivity index (χ1) is 26.1. The number of hydrogen-bond donors (Lipinski definition) is 7. The highest BCUT2D eigenvalue weighted by Gasteiger charge is 2.47. The monoisotopic (exact) mass is 875 g/mol. The van der Waals surface area contributed by atoms with Gasteiger partial charge in [0.15, 0.2) is 17.7 Å². The molecule has 8 N–H and O–H groups in total. The van der Waals surface area contributed by atoms with Crippen LogP contribution in [-0.4, -0.2) is 120 Å². The molecule has 1 saturated heterocycles. The van der Waals surface area contributed by atoms with E-state index in [4.69, 9.17) is 15.6 Å². The number of phosphoric acid groups is 3. The van der Waals surface area contributed by atoms with Crippen LogP contribution < -0.4 is 35.9 Å². The highest BCUT2D eigenvalue weighted by molar-refractivity contribution is 7.59. The molecular formula is C27H40N7O20P3-4. The quantitative estimate of drug-likeness (QED) is 0.0517. The van der Waals surface area contributed by atoms with E-state index in [2.05, 4.69) is 43.5 Å². The minimum absolute atomic E-state index is 0.0268. The lowest BCUT2D eigenvalue weighted by Gasteiger charge is -2.36. The first-order valence-corrected chi connectivity index (χ1v) is 20.8. The molecule has 0 aromatic carbocycles. The number of fused-ring (bicyclic) bond motifs is 1. The Labute approximate surface area is 322 Å². The Morgan fingerprint density at radius 1 is 1.00 bits per heavy atom. The Hall–Kier alpha value is -3.36. The number of carboxylic acid groups (broad SMARTS) is 1. The number of nitrogens with two attached hydrogens (primary N) is 1. The molecular weight excluding hydrogens is 835 g/mol. The number of rotatable bonds is 23. The first kappa shape index (κ1) is 48.0. The number of Topliss-reactive ketones (excluding diaryl/α,β-unsaturated/α-hetero) is 1. The van der Waals surface area contributed by atoms with Gasteiger partial charge in [-0.1, -0.05) is 13.8 Å². The van der Waals surface area contributed by atoms with Crippen LogP contribution in [0.3, 0.4) is 0 Å². The summed E-state index contributed by atoms with van der Waals surface area (Å²) in [6.07, 6.45) is -9.25. The minimum atomic E-state index is -5.95. The molecule has 30 heteroatoms. The number of aliphatic hydroxyl groups is 3. The largest absolute Gasteiger partial charge is 0.790 e. The predicted molar refractivity (Wildman–Crippen MR) is 178 cm³/mol. The van der Waals surface area contributed by atoms with E-state index in [1.807, 2.05) is 0 Å². The van der Waals surface area contributed by atoms with Gasteiger partial charge in [-0.25, -0.2) is 19.3 Å². The van der Waals surface area contributed by atoms with E-state index in [-0.39, 0.29) is 42.9 Å². The third-order valence-corrected chi connectivity index (χ3v) is 10.9. The molecule has 3 rings (SSSR count). The van der Waals surface area contributed by atoms with Gasteiger partial charge < -0.3 is 79.2 Å². The molecule has 2 aromatic rings. The number of ether oxygens (including phenoxy) is 1. The molecule has 0 saturated carbocycles. The van der Waals surface area contributed by atoms with Crippen LogP contribution in [0.4, 0.5) is 5.82 Å². The number of imidazole rings is 1. The number of nitrogens with one attached hydrogen (secondary N) is 2. The third kappa shape index (κ3) is 14.8. The van der Waals surface area contributed by atoms with E-state index in [0.717, 1.165) is 31.1 Å². The van der Waals surface area contributed by atoms with Gasteiger partial charge >= 0.3 is 5.97 Å². The van der Waals surface area contributed by atoms with Crippen molar-refractivity contribution >= 4 is 64.0 Å². The smallest absolute Gasteiger partial charge is 0.306 e. The van der Waals surface area contributed by atoms with Gasteiger partial charge in [0.05, 0.1) is 39.4 Å². The lowest BCUT2D eigenvalue weighted by molar-refractivity contribution is -0.347. The molecule has 2 aromatic heterocycles. The Balaban J connectivity index is 1.49. The Kier molecular flexibility index (Phi) is 16.1. The Morgan fingerprint density at radius 3 is 2.26 bits per heavy atom. The van der Waals surface area contributed by atoms with E-state index in [9.17, 15) is 67.8 Å². The van der Waals surface area contributed by atoms with Gasteiger partial charge in [-0.05, 0) is 6.92 Å². The van der Waals surface area contributed by atoms with Crippen molar-refractivity contribution in [1.29, 1.82) is 0 Å². The normalized spacial score (nSPS) is 22.6. The molecule has 8 unspecified atom stereocenters. The number of nitrogens with zero attached hydrogens (tertiary/aromatic N) is 4. The zero-order valence-electron chi connectivity index (χ0n) is 30.2. The topological polar surface area (TPSA) is 432 Å². The third-order valence-electron chi connectivity index (χ3n) is 7.89. The van der Waals surface area contributed by atoms with Crippen LogP contribution in [-0.2, 0) is 55.5 Å². The number of nitrogen functional groups attached to an aromatic ring is 1. The number of aliphatic hydroxyl groups excluding tert-OH is 2. The molecule has 0 aliphatic carbocycles. The number of aromatic nitrogens is 4. The zero-order chi connectivity index (χ0) is 43.1. The fourth-order valence-electron chi connectivity index (χ4n) is 5.16. The number of carbonyl (C=O) groups is 4. The van der Waals surface area contributed by atoms with Crippen LogP contribution in [0.25, 0.3) is 11.2 Å². The Morgan fingerprint density at radius 2 is 1.63 bits per heavy atom. The van der Waals surface area contributed by atoms with Gasteiger partial charge in [-0.15, -0.1) is 0 Å². The molecule has 0 spiro atoms. The SMILES string of the molecule is CC(O)(CC(=O)O)CC(=O)CCNC(=O)CCNC(=O)C(O)C(C)(C)COP(=O)([O-])OP(=O)([O-])OCC1OC(n2cnc3c(N)ncnc32)C(O)C1OP(=O)([O-])[O-]. The molecule has 3 heterocycles. The second-order valence-corrected chi connectivity index (χ2v) is 17.6. The van der Waals surface area contributed by atoms with Gasteiger partial charge in [0.1, 0.15) is 42.0 Å². The van der Waals surface area contributed by atoms with Gasteiger partial charge in [-0.2, -0.15) is 0 Å². The maximum atomic E-state index is 12.5. The number of phosphoric ester groups is 3. The minimum Gasteiger partial charge on any atom is -0.790 e. The second kappa shape index (κ2) is 19.1.